The maximum atomic E-state index is 12.1. The molecular weight excluding hydrogens is 296 g/mol. The Morgan fingerprint density at radius 3 is 2.65 bits per heavy atom. The van der Waals surface area contributed by atoms with E-state index < -0.39 is 5.91 Å². The number of amides is 2. The van der Waals surface area contributed by atoms with Gasteiger partial charge >= 0.3 is 0 Å². The number of hydrogen-bond donors (Lipinski definition) is 3. The number of aromatic nitrogens is 2. The Hall–Kier alpha value is -3.16. The minimum atomic E-state index is -0.416. The summed E-state index contributed by atoms with van der Waals surface area (Å²) in [4.78, 5) is 33.3. The van der Waals surface area contributed by atoms with E-state index in [0.717, 1.165) is 12.2 Å². The van der Waals surface area contributed by atoms with Crippen LogP contribution in [0.25, 0.3) is 0 Å². The summed E-state index contributed by atoms with van der Waals surface area (Å²) in [5.74, 6) is -0.326. The molecule has 0 radical (unpaired) electrons. The smallest absolute Gasteiger partial charge is 0.278 e. The normalized spacial score (nSPS) is 14.3. The van der Waals surface area contributed by atoms with E-state index in [1.807, 2.05) is 17.0 Å². The molecule has 0 unspecified atom stereocenters. The van der Waals surface area contributed by atoms with Gasteiger partial charge in [-0.25, -0.2) is 9.97 Å². The average molecular weight is 312 g/mol. The highest BCUT2D eigenvalue weighted by atomic mass is 16.2. The maximum absolute atomic E-state index is 12.1. The molecule has 3 rings (SSSR count). The molecule has 118 valence electrons. The van der Waals surface area contributed by atoms with Gasteiger partial charge in [0.15, 0.2) is 11.5 Å². The summed E-state index contributed by atoms with van der Waals surface area (Å²) in [6.45, 7) is 1.72. The van der Waals surface area contributed by atoms with Crippen LogP contribution in [0, 0.1) is 0 Å². The van der Waals surface area contributed by atoms with Crippen molar-refractivity contribution >= 4 is 29.0 Å². The first kappa shape index (κ1) is 14.8. The number of carbonyl (C=O) groups is 2. The summed E-state index contributed by atoms with van der Waals surface area (Å²) in [5, 5.41) is 5.50. The van der Waals surface area contributed by atoms with Crippen molar-refractivity contribution in [1.82, 2.24) is 15.3 Å². The van der Waals surface area contributed by atoms with Gasteiger partial charge in [-0.05, 0) is 24.3 Å². The van der Waals surface area contributed by atoms with Crippen LogP contribution < -0.4 is 21.3 Å². The lowest BCUT2D eigenvalue weighted by Crippen LogP contribution is -2.47. The first-order valence-corrected chi connectivity index (χ1v) is 7.13. The molecule has 1 aromatic heterocycles. The van der Waals surface area contributed by atoms with Crippen LogP contribution in [0.1, 0.15) is 10.5 Å². The van der Waals surface area contributed by atoms with E-state index >= 15 is 0 Å². The van der Waals surface area contributed by atoms with Crippen molar-refractivity contribution < 1.29 is 9.59 Å². The van der Waals surface area contributed by atoms with Crippen LogP contribution in [0.15, 0.2) is 36.7 Å². The minimum Gasteiger partial charge on any atom is -0.382 e. The molecule has 0 bridgehead atoms. The fraction of sp³-hybridized carbons (Fsp3) is 0.200. The Morgan fingerprint density at radius 2 is 1.96 bits per heavy atom. The van der Waals surface area contributed by atoms with E-state index in [-0.39, 0.29) is 17.4 Å². The topological polar surface area (TPSA) is 113 Å². The number of nitrogens with two attached hydrogens (primary N) is 1. The molecule has 1 aliphatic rings. The number of nitrogens with one attached hydrogen (secondary N) is 2. The summed E-state index contributed by atoms with van der Waals surface area (Å²) in [5.41, 5.74) is 7.26. The molecule has 1 aromatic carbocycles. The van der Waals surface area contributed by atoms with E-state index in [1.165, 1.54) is 12.4 Å². The van der Waals surface area contributed by atoms with E-state index in [1.54, 1.807) is 12.1 Å². The highest BCUT2D eigenvalue weighted by molar-refractivity contribution is 6.05. The summed E-state index contributed by atoms with van der Waals surface area (Å²) in [7, 11) is 0. The largest absolute Gasteiger partial charge is 0.382 e. The van der Waals surface area contributed by atoms with Gasteiger partial charge in [0.2, 0.25) is 5.91 Å². The van der Waals surface area contributed by atoms with Crippen LogP contribution in [0.4, 0.5) is 17.2 Å². The lowest BCUT2D eigenvalue weighted by Gasteiger charge is -2.28. The van der Waals surface area contributed by atoms with Gasteiger partial charge in [0, 0.05) is 36.9 Å². The Morgan fingerprint density at radius 1 is 1.22 bits per heavy atom. The number of hydrogen-bond acceptors (Lipinski definition) is 6. The number of piperazine rings is 1. The highest BCUT2D eigenvalue weighted by Crippen LogP contribution is 2.19. The molecule has 8 nitrogen and oxygen atoms in total. The van der Waals surface area contributed by atoms with Gasteiger partial charge in [0.1, 0.15) is 0 Å². The second-order valence-electron chi connectivity index (χ2n) is 5.06. The summed E-state index contributed by atoms with van der Waals surface area (Å²) >= 11 is 0. The van der Waals surface area contributed by atoms with E-state index in [0.29, 0.717) is 18.8 Å². The van der Waals surface area contributed by atoms with Crippen molar-refractivity contribution in [3.05, 3.63) is 42.4 Å². The Bertz CT molecular complexity index is 731. The molecule has 2 amide bonds. The molecule has 0 atom stereocenters. The molecule has 2 aromatic rings. The van der Waals surface area contributed by atoms with E-state index in [2.05, 4.69) is 20.6 Å². The second kappa shape index (κ2) is 6.30. The molecule has 23 heavy (non-hydrogen) atoms. The van der Waals surface area contributed by atoms with Crippen molar-refractivity contribution in [1.29, 1.82) is 0 Å². The SMILES string of the molecule is Nc1nccnc1C(=O)Nc1ccc(N2CCNC(=O)C2)cc1. The Kier molecular flexibility index (Phi) is 4.05. The van der Waals surface area contributed by atoms with Gasteiger partial charge in [-0.2, -0.15) is 0 Å². The molecule has 1 saturated heterocycles. The van der Waals surface area contributed by atoms with Gasteiger partial charge in [0.05, 0.1) is 6.54 Å². The molecule has 0 aliphatic carbocycles. The van der Waals surface area contributed by atoms with Gasteiger partial charge in [-0.3, -0.25) is 9.59 Å². The van der Waals surface area contributed by atoms with Crippen molar-refractivity contribution in [3.63, 3.8) is 0 Å². The van der Waals surface area contributed by atoms with Gasteiger partial charge in [-0.1, -0.05) is 0 Å². The third-order valence-corrected chi connectivity index (χ3v) is 3.47. The number of anilines is 3. The van der Waals surface area contributed by atoms with Crippen molar-refractivity contribution in [2.75, 3.05) is 35.6 Å². The third-order valence-electron chi connectivity index (χ3n) is 3.47. The molecule has 2 heterocycles. The first-order chi connectivity index (χ1) is 11.1. The van der Waals surface area contributed by atoms with Crippen LogP contribution in [0.5, 0.6) is 0 Å². The lowest BCUT2D eigenvalue weighted by atomic mass is 10.2. The Labute approximate surface area is 132 Å². The predicted octanol–water partition coefficient (Wildman–Crippen LogP) is 0.247. The van der Waals surface area contributed by atoms with Crippen LogP contribution in [-0.4, -0.2) is 41.4 Å². The minimum absolute atomic E-state index is 0.00626. The first-order valence-electron chi connectivity index (χ1n) is 7.13. The number of rotatable bonds is 3. The molecule has 1 fully saturated rings. The van der Waals surface area contributed by atoms with Crippen molar-refractivity contribution in [2.24, 2.45) is 0 Å². The third kappa shape index (κ3) is 3.37. The van der Waals surface area contributed by atoms with Crippen LogP contribution in [0.2, 0.25) is 0 Å². The molecule has 0 saturated carbocycles. The quantitative estimate of drug-likeness (QED) is 0.748. The zero-order chi connectivity index (χ0) is 16.2. The zero-order valence-corrected chi connectivity index (χ0v) is 12.3. The zero-order valence-electron chi connectivity index (χ0n) is 12.3. The molecule has 1 aliphatic heterocycles. The van der Waals surface area contributed by atoms with E-state index in [4.69, 9.17) is 5.73 Å². The van der Waals surface area contributed by atoms with Crippen LogP contribution >= 0.6 is 0 Å². The van der Waals surface area contributed by atoms with Crippen molar-refractivity contribution in [3.8, 4) is 0 Å². The number of carbonyl (C=O) groups excluding carboxylic acids is 2. The summed E-state index contributed by atoms with van der Waals surface area (Å²) in [6, 6.07) is 7.25. The van der Waals surface area contributed by atoms with Crippen LogP contribution in [-0.2, 0) is 4.79 Å². The van der Waals surface area contributed by atoms with Gasteiger partial charge in [-0.15, -0.1) is 0 Å². The highest BCUT2D eigenvalue weighted by Gasteiger charge is 2.17. The van der Waals surface area contributed by atoms with Crippen LogP contribution in [0.3, 0.4) is 0 Å². The molecule has 8 heteroatoms. The average Bonchev–Trinajstić information content (AvgIpc) is 2.56. The van der Waals surface area contributed by atoms with Gasteiger partial charge in [0.25, 0.3) is 5.91 Å². The van der Waals surface area contributed by atoms with E-state index in [9.17, 15) is 9.59 Å². The summed E-state index contributed by atoms with van der Waals surface area (Å²) < 4.78 is 0. The Balaban J connectivity index is 1.69. The van der Waals surface area contributed by atoms with Gasteiger partial charge < -0.3 is 21.3 Å². The monoisotopic (exact) mass is 312 g/mol. The lowest BCUT2D eigenvalue weighted by molar-refractivity contribution is -0.120. The summed E-state index contributed by atoms with van der Waals surface area (Å²) in [6.07, 6.45) is 2.84. The molecule has 0 spiro atoms. The fourth-order valence-corrected chi connectivity index (χ4v) is 2.33. The number of nitrogen functional groups attached to an aromatic ring is 1. The van der Waals surface area contributed by atoms with Crippen molar-refractivity contribution in [2.45, 2.75) is 0 Å². The fourth-order valence-electron chi connectivity index (χ4n) is 2.33. The predicted molar refractivity (Wildman–Crippen MR) is 86.1 cm³/mol. The second-order valence-corrected chi connectivity index (χ2v) is 5.06. The maximum Gasteiger partial charge on any atom is 0.278 e. The molecular formula is C15H16N6O2. The molecule has 4 N–H and O–H groups in total. The number of benzene rings is 1. The number of nitrogens with zero attached hydrogens (tertiary/aromatic N) is 3. The standard InChI is InChI=1S/C15H16N6O2/c16-14-13(18-5-6-19-14)15(23)20-10-1-3-11(4-2-10)21-8-7-17-12(22)9-21/h1-6H,7-9H2,(H2,16,19)(H,17,22)(H,20,23).